The Kier molecular flexibility index (Phi) is 4.33. The molecule has 2 unspecified atom stereocenters. The number of benzene rings is 1. The van der Waals surface area contributed by atoms with E-state index in [0.29, 0.717) is 0 Å². The van der Waals surface area contributed by atoms with E-state index in [4.69, 9.17) is 21.4 Å². The Morgan fingerprint density at radius 1 is 0.966 bits per heavy atom. The van der Waals surface area contributed by atoms with Gasteiger partial charge in [-0.15, -0.1) is 0 Å². The maximum atomic E-state index is 9.64. The molecule has 2 atom stereocenters. The number of nitrogens with two attached hydrogens (primary N) is 2. The first-order valence-electron chi connectivity index (χ1n) is 10.2. The summed E-state index contributed by atoms with van der Waals surface area (Å²) in [6, 6.07) is 9.72. The van der Waals surface area contributed by atoms with Crippen molar-refractivity contribution in [3.05, 3.63) is 30.3 Å². The van der Waals surface area contributed by atoms with E-state index in [9.17, 15) is 5.11 Å². The third-order valence-electron chi connectivity index (χ3n) is 6.05. The van der Waals surface area contributed by atoms with Crippen LogP contribution in [0.25, 0.3) is 22.3 Å². The van der Waals surface area contributed by atoms with Crippen LogP contribution < -0.4 is 21.3 Å². The Bertz CT molecular complexity index is 1050. The molecule has 5 N–H and O–H groups in total. The first-order chi connectivity index (χ1) is 14.0. The number of aromatic nitrogens is 3. The molecule has 0 amide bonds. The summed E-state index contributed by atoms with van der Waals surface area (Å²) >= 11 is 0. The van der Waals surface area contributed by atoms with Gasteiger partial charge >= 0.3 is 0 Å². The van der Waals surface area contributed by atoms with Crippen molar-refractivity contribution < 1.29 is 5.11 Å². The Hall–Kier alpha value is -2.84. The number of anilines is 2. The highest BCUT2D eigenvalue weighted by molar-refractivity contribution is 5.94. The van der Waals surface area contributed by atoms with Crippen LogP contribution in [0.2, 0.25) is 0 Å². The third kappa shape index (κ3) is 3.18. The number of hydrogen-bond acceptors (Lipinski definition) is 7. The smallest absolute Gasteiger partial charge is 0.229 e. The normalized spacial score (nSPS) is 22.2. The van der Waals surface area contributed by atoms with E-state index in [1.165, 1.54) is 0 Å². The molecule has 2 aromatic heterocycles. The fourth-order valence-electron chi connectivity index (χ4n) is 4.41. The molecular weight excluding hydrogens is 366 g/mol. The number of aryl methyl sites for hydroxylation is 1. The molecule has 2 aliphatic rings. The molecule has 29 heavy (non-hydrogen) atoms. The highest BCUT2D eigenvalue weighted by Gasteiger charge is 2.28. The maximum Gasteiger partial charge on any atom is 0.229 e. The van der Waals surface area contributed by atoms with Gasteiger partial charge in [0.05, 0.1) is 11.1 Å². The summed E-state index contributed by atoms with van der Waals surface area (Å²) in [4.78, 5) is 14.3. The molecule has 2 fully saturated rings. The number of aromatic hydroxyl groups is 1. The molecule has 152 valence electrons. The van der Waals surface area contributed by atoms with Crippen LogP contribution in [-0.4, -0.2) is 57.9 Å². The minimum absolute atomic E-state index is 0.166. The zero-order chi connectivity index (χ0) is 20.1. The van der Waals surface area contributed by atoms with Gasteiger partial charge in [0.1, 0.15) is 17.2 Å². The van der Waals surface area contributed by atoms with Gasteiger partial charge in [0.2, 0.25) is 5.95 Å². The molecule has 1 aromatic carbocycles. The van der Waals surface area contributed by atoms with Crippen LogP contribution in [0.4, 0.5) is 11.8 Å². The van der Waals surface area contributed by atoms with Gasteiger partial charge in [-0.1, -0.05) is 0 Å². The van der Waals surface area contributed by atoms with Gasteiger partial charge in [-0.2, -0.15) is 9.97 Å². The van der Waals surface area contributed by atoms with Crippen molar-refractivity contribution in [2.75, 3.05) is 36.0 Å². The molecule has 0 saturated carbocycles. The molecule has 4 heterocycles. The van der Waals surface area contributed by atoms with E-state index in [2.05, 4.69) is 20.4 Å². The van der Waals surface area contributed by atoms with E-state index in [1.807, 2.05) is 19.2 Å². The SMILES string of the molecule is Cn1c(-c2ccc(O)cc2)cc2c(N3CCC(N)C3)nc(N3CCC(N)C3)nc21. The fourth-order valence-corrected chi connectivity index (χ4v) is 4.41. The average Bonchev–Trinajstić information content (AvgIpc) is 3.41. The number of rotatable bonds is 3. The van der Waals surface area contributed by atoms with Crippen LogP contribution in [0.3, 0.4) is 0 Å². The van der Waals surface area contributed by atoms with Gasteiger partial charge in [0, 0.05) is 45.3 Å². The van der Waals surface area contributed by atoms with Crippen molar-refractivity contribution in [3.63, 3.8) is 0 Å². The second-order valence-electron chi connectivity index (χ2n) is 8.21. The topological polar surface area (TPSA) is 109 Å². The van der Waals surface area contributed by atoms with Gasteiger partial charge in [-0.25, -0.2) is 0 Å². The quantitative estimate of drug-likeness (QED) is 0.617. The second kappa shape index (κ2) is 6.89. The molecule has 8 heteroatoms. The number of hydrogen-bond donors (Lipinski definition) is 3. The number of phenolic OH excluding ortho intramolecular Hbond substituents is 1. The van der Waals surface area contributed by atoms with Gasteiger partial charge < -0.3 is 30.9 Å². The van der Waals surface area contributed by atoms with E-state index >= 15 is 0 Å². The molecule has 0 aliphatic carbocycles. The van der Waals surface area contributed by atoms with Crippen molar-refractivity contribution in [1.82, 2.24) is 14.5 Å². The predicted octanol–water partition coefficient (Wildman–Crippen LogP) is 1.42. The molecular formula is C21H27N7O. The van der Waals surface area contributed by atoms with E-state index in [-0.39, 0.29) is 17.8 Å². The number of fused-ring (bicyclic) bond motifs is 1. The number of phenols is 1. The van der Waals surface area contributed by atoms with Crippen LogP contribution in [-0.2, 0) is 7.05 Å². The molecule has 0 bridgehead atoms. The third-order valence-corrected chi connectivity index (χ3v) is 6.05. The molecule has 8 nitrogen and oxygen atoms in total. The summed E-state index contributed by atoms with van der Waals surface area (Å²) in [5.74, 6) is 1.94. The predicted molar refractivity (Wildman–Crippen MR) is 115 cm³/mol. The highest BCUT2D eigenvalue weighted by Crippen LogP contribution is 2.35. The summed E-state index contributed by atoms with van der Waals surface area (Å²) in [5.41, 5.74) is 15.3. The average molecular weight is 393 g/mol. The molecule has 2 aliphatic heterocycles. The minimum Gasteiger partial charge on any atom is -0.508 e. The summed E-state index contributed by atoms with van der Waals surface area (Å²) in [6.45, 7) is 3.35. The first-order valence-corrected chi connectivity index (χ1v) is 10.2. The van der Waals surface area contributed by atoms with E-state index in [0.717, 1.165) is 73.1 Å². The number of nitrogens with zero attached hydrogens (tertiary/aromatic N) is 5. The largest absolute Gasteiger partial charge is 0.508 e. The lowest BCUT2D eigenvalue weighted by molar-refractivity contribution is 0.475. The van der Waals surface area contributed by atoms with Crippen molar-refractivity contribution in [2.24, 2.45) is 18.5 Å². The lowest BCUT2D eigenvalue weighted by Crippen LogP contribution is -2.30. The summed E-state index contributed by atoms with van der Waals surface area (Å²) in [5, 5.41) is 10.7. The van der Waals surface area contributed by atoms with E-state index in [1.54, 1.807) is 12.1 Å². The Labute approximate surface area is 169 Å². The molecule has 0 spiro atoms. The molecule has 2 saturated heterocycles. The second-order valence-corrected chi connectivity index (χ2v) is 8.21. The van der Waals surface area contributed by atoms with E-state index < -0.39 is 0 Å². The van der Waals surface area contributed by atoms with Gasteiger partial charge in [-0.05, 0) is 48.7 Å². The summed E-state index contributed by atoms with van der Waals surface area (Å²) in [6.07, 6.45) is 1.92. The Morgan fingerprint density at radius 2 is 1.62 bits per heavy atom. The standard InChI is InChI=1S/C21H27N7O/c1-26-18(13-2-4-16(29)5-3-13)10-17-19(26)24-21(28-9-7-15(23)12-28)25-20(17)27-8-6-14(22)11-27/h2-5,10,14-15,29H,6-9,11-12,22-23H2,1H3. The molecule has 5 rings (SSSR count). The van der Waals surface area contributed by atoms with Crippen LogP contribution in [0, 0.1) is 0 Å². The summed E-state index contributed by atoms with van der Waals surface area (Å²) in [7, 11) is 2.02. The first kappa shape index (κ1) is 18.2. The monoisotopic (exact) mass is 393 g/mol. The lowest BCUT2D eigenvalue weighted by Gasteiger charge is -2.22. The van der Waals surface area contributed by atoms with Crippen LogP contribution in [0.1, 0.15) is 12.8 Å². The van der Waals surface area contributed by atoms with Gasteiger partial charge in [-0.3, -0.25) is 0 Å². The Morgan fingerprint density at radius 3 is 2.24 bits per heavy atom. The fraction of sp³-hybridized carbons (Fsp3) is 0.429. The van der Waals surface area contributed by atoms with Crippen molar-refractivity contribution in [2.45, 2.75) is 24.9 Å². The van der Waals surface area contributed by atoms with Crippen molar-refractivity contribution in [3.8, 4) is 17.0 Å². The zero-order valence-corrected chi connectivity index (χ0v) is 16.6. The zero-order valence-electron chi connectivity index (χ0n) is 16.6. The minimum atomic E-state index is 0.166. The maximum absolute atomic E-state index is 9.64. The molecule has 3 aromatic rings. The van der Waals surface area contributed by atoms with Crippen LogP contribution in [0.5, 0.6) is 5.75 Å². The van der Waals surface area contributed by atoms with Crippen molar-refractivity contribution >= 4 is 22.8 Å². The summed E-state index contributed by atoms with van der Waals surface area (Å²) < 4.78 is 2.10. The van der Waals surface area contributed by atoms with Crippen molar-refractivity contribution in [1.29, 1.82) is 0 Å². The van der Waals surface area contributed by atoms with Gasteiger partial charge in [0.15, 0.2) is 0 Å². The van der Waals surface area contributed by atoms with Crippen LogP contribution >= 0.6 is 0 Å². The highest BCUT2D eigenvalue weighted by atomic mass is 16.3. The molecule has 0 radical (unpaired) electrons. The lowest BCUT2D eigenvalue weighted by atomic mass is 10.1. The van der Waals surface area contributed by atoms with Gasteiger partial charge in [0.25, 0.3) is 0 Å². The Balaban J connectivity index is 1.67. The van der Waals surface area contributed by atoms with Crippen LogP contribution in [0.15, 0.2) is 30.3 Å².